The molecule has 0 saturated heterocycles. The smallest absolute Gasteiger partial charge is 0.267 e. The SMILES string of the molecule is CCCCCCNC(=O)c1cc2c(=O)n3ccccc3nc2n(CCCOC(C)C)c1=N. The summed E-state index contributed by atoms with van der Waals surface area (Å²) >= 11 is 0. The molecule has 0 bridgehead atoms. The Morgan fingerprint density at radius 2 is 2.03 bits per heavy atom. The molecule has 0 atom stereocenters. The molecule has 0 aliphatic heterocycles. The zero-order valence-corrected chi connectivity index (χ0v) is 19.2. The summed E-state index contributed by atoms with van der Waals surface area (Å²) in [6.07, 6.45) is 6.61. The molecule has 172 valence electrons. The molecule has 0 fully saturated rings. The highest BCUT2D eigenvalue weighted by Crippen LogP contribution is 2.11. The van der Waals surface area contributed by atoms with Crippen molar-refractivity contribution < 1.29 is 9.53 Å². The largest absolute Gasteiger partial charge is 0.379 e. The Balaban J connectivity index is 2.02. The van der Waals surface area contributed by atoms with Crippen LogP contribution in [0.1, 0.15) is 63.2 Å². The highest BCUT2D eigenvalue weighted by Gasteiger charge is 2.17. The summed E-state index contributed by atoms with van der Waals surface area (Å²) in [6.45, 7) is 7.58. The molecule has 0 aromatic carbocycles. The molecule has 3 aromatic rings. The molecule has 0 radical (unpaired) electrons. The first-order chi connectivity index (χ1) is 15.4. The molecule has 3 rings (SSSR count). The summed E-state index contributed by atoms with van der Waals surface area (Å²) in [6, 6.07) is 6.85. The number of nitrogens with one attached hydrogen (secondary N) is 2. The fraction of sp³-hybridized carbons (Fsp3) is 0.500. The van der Waals surface area contributed by atoms with E-state index in [0.29, 0.717) is 42.8 Å². The number of aryl methyl sites for hydroxylation is 1. The Bertz CT molecular complexity index is 1200. The quantitative estimate of drug-likeness (QED) is 0.354. The lowest BCUT2D eigenvalue weighted by Crippen LogP contribution is -2.35. The maximum atomic E-state index is 13.2. The lowest BCUT2D eigenvalue weighted by Gasteiger charge is -2.15. The van der Waals surface area contributed by atoms with Gasteiger partial charge in [-0.15, -0.1) is 0 Å². The van der Waals surface area contributed by atoms with E-state index in [1.165, 1.54) is 10.5 Å². The second-order valence-electron chi connectivity index (χ2n) is 8.23. The van der Waals surface area contributed by atoms with Gasteiger partial charge in [0.15, 0.2) is 0 Å². The first-order valence-electron chi connectivity index (χ1n) is 11.4. The molecule has 32 heavy (non-hydrogen) atoms. The second-order valence-corrected chi connectivity index (χ2v) is 8.23. The van der Waals surface area contributed by atoms with Crippen molar-refractivity contribution in [3.8, 4) is 0 Å². The van der Waals surface area contributed by atoms with Gasteiger partial charge in [-0.3, -0.25) is 19.4 Å². The summed E-state index contributed by atoms with van der Waals surface area (Å²) in [5, 5.41) is 11.9. The molecule has 2 N–H and O–H groups in total. The molecule has 8 heteroatoms. The van der Waals surface area contributed by atoms with Crippen molar-refractivity contribution in [3.63, 3.8) is 0 Å². The lowest BCUT2D eigenvalue weighted by atomic mass is 10.1. The van der Waals surface area contributed by atoms with E-state index >= 15 is 0 Å². The Labute approximate surface area is 187 Å². The van der Waals surface area contributed by atoms with Crippen molar-refractivity contribution in [3.05, 3.63) is 51.9 Å². The van der Waals surface area contributed by atoms with Crippen LogP contribution in [-0.2, 0) is 11.3 Å². The number of ether oxygens (including phenoxy) is 1. The van der Waals surface area contributed by atoms with Crippen molar-refractivity contribution in [1.82, 2.24) is 19.3 Å². The van der Waals surface area contributed by atoms with Crippen LogP contribution in [0.5, 0.6) is 0 Å². The van der Waals surface area contributed by atoms with Gasteiger partial charge in [0.1, 0.15) is 16.8 Å². The number of aromatic nitrogens is 3. The number of amides is 1. The predicted molar refractivity (Wildman–Crippen MR) is 125 cm³/mol. The fourth-order valence-electron chi connectivity index (χ4n) is 3.67. The van der Waals surface area contributed by atoms with E-state index < -0.39 is 0 Å². The summed E-state index contributed by atoms with van der Waals surface area (Å²) in [5.74, 6) is -0.335. The monoisotopic (exact) mass is 439 g/mol. The Morgan fingerprint density at radius 1 is 1.22 bits per heavy atom. The van der Waals surface area contributed by atoms with E-state index in [9.17, 15) is 9.59 Å². The van der Waals surface area contributed by atoms with Crippen LogP contribution in [0, 0.1) is 5.41 Å². The van der Waals surface area contributed by atoms with Gasteiger partial charge in [-0.25, -0.2) is 4.98 Å². The molecule has 8 nitrogen and oxygen atoms in total. The number of rotatable bonds is 11. The number of hydrogen-bond acceptors (Lipinski definition) is 5. The van der Waals surface area contributed by atoms with Gasteiger partial charge in [0.25, 0.3) is 11.5 Å². The third-order valence-electron chi connectivity index (χ3n) is 5.36. The van der Waals surface area contributed by atoms with E-state index in [2.05, 4.69) is 17.2 Å². The van der Waals surface area contributed by atoms with Crippen LogP contribution in [0.2, 0.25) is 0 Å². The molecular formula is C24H33N5O3. The predicted octanol–water partition coefficient (Wildman–Crippen LogP) is 3.25. The maximum absolute atomic E-state index is 13.2. The zero-order chi connectivity index (χ0) is 23.1. The minimum atomic E-state index is -0.335. The molecule has 0 aliphatic carbocycles. The molecule has 1 amide bonds. The van der Waals surface area contributed by atoms with E-state index in [1.54, 1.807) is 22.9 Å². The average Bonchev–Trinajstić information content (AvgIpc) is 2.77. The Morgan fingerprint density at radius 3 is 2.78 bits per heavy atom. The van der Waals surface area contributed by atoms with Crippen LogP contribution >= 0.6 is 0 Å². The summed E-state index contributed by atoms with van der Waals surface area (Å²) in [7, 11) is 0. The average molecular weight is 440 g/mol. The molecule has 3 heterocycles. The second kappa shape index (κ2) is 11.0. The van der Waals surface area contributed by atoms with Crippen molar-refractivity contribution in [1.29, 1.82) is 5.41 Å². The minimum absolute atomic E-state index is 0.0558. The van der Waals surface area contributed by atoms with Crippen LogP contribution in [0.3, 0.4) is 0 Å². The van der Waals surface area contributed by atoms with Gasteiger partial charge >= 0.3 is 0 Å². The first kappa shape index (κ1) is 23.7. The number of carbonyl (C=O) groups excluding carboxylic acids is 1. The van der Waals surface area contributed by atoms with Crippen LogP contribution in [-0.4, -0.2) is 39.1 Å². The van der Waals surface area contributed by atoms with E-state index in [-0.39, 0.29) is 28.6 Å². The van der Waals surface area contributed by atoms with Gasteiger partial charge in [0, 0.05) is 25.9 Å². The van der Waals surface area contributed by atoms with E-state index in [0.717, 1.165) is 25.7 Å². The number of unbranched alkanes of at least 4 members (excludes halogenated alkanes) is 3. The number of fused-ring (bicyclic) bond motifs is 2. The van der Waals surface area contributed by atoms with Crippen LogP contribution < -0.4 is 16.4 Å². The molecule has 0 unspecified atom stereocenters. The summed E-state index contributed by atoms with van der Waals surface area (Å²) in [5.41, 5.74) is 0.905. The van der Waals surface area contributed by atoms with Crippen LogP contribution in [0.15, 0.2) is 35.3 Å². The molecule has 0 saturated carbocycles. The van der Waals surface area contributed by atoms with Crippen molar-refractivity contribution in [2.45, 2.75) is 65.5 Å². The van der Waals surface area contributed by atoms with Gasteiger partial charge in [0.05, 0.1) is 17.1 Å². The zero-order valence-electron chi connectivity index (χ0n) is 19.2. The van der Waals surface area contributed by atoms with Gasteiger partial charge in [-0.1, -0.05) is 32.3 Å². The lowest BCUT2D eigenvalue weighted by molar-refractivity contribution is 0.0748. The number of pyridine rings is 2. The molecule has 3 aromatic heterocycles. The van der Waals surface area contributed by atoms with Crippen molar-refractivity contribution in [2.75, 3.05) is 13.2 Å². The molecule has 0 spiro atoms. The van der Waals surface area contributed by atoms with Crippen LogP contribution in [0.4, 0.5) is 0 Å². The van der Waals surface area contributed by atoms with E-state index in [4.69, 9.17) is 10.1 Å². The highest BCUT2D eigenvalue weighted by atomic mass is 16.5. The number of nitrogens with zero attached hydrogens (tertiary/aromatic N) is 3. The third-order valence-corrected chi connectivity index (χ3v) is 5.36. The number of hydrogen-bond donors (Lipinski definition) is 2. The van der Waals surface area contributed by atoms with Crippen LogP contribution in [0.25, 0.3) is 16.7 Å². The summed E-state index contributed by atoms with van der Waals surface area (Å²) in [4.78, 5) is 30.7. The molecular weight excluding hydrogens is 406 g/mol. The standard InChI is InChI=1S/C24H33N5O3/c1-4-5-6-8-12-26-23(30)18-16-19-22(27-20-11-7-9-13-28(20)24(19)31)29(21(18)25)14-10-15-32-17(2)3/h7,9,11,13,16-17,25H,4-6,8,10,12,14-15H2,1-3H3,(H,26,30). The van der Waals surface area contributed by atoms with Gasteiger partial charge in [0.2, 0.25) is 0 Å². The topological polar surface area (TPSA) is 101 Å². The normalized spacial score (nSPS) is 11.5. The highest BCUT2D eigenvalue weighted by molar-refractivity contribution is 5.96. The van der Waals surface area contributed by atoms with Gasteiger partial charge < -0.3 is 14.6 Å². The first-order valence-corrected chi connectivity index (χ1v) is 11.4. The summed E-state index contributed by atoms with van der Waals surface area (Å²) < 4.78 is 8.75. The van der Waals surface area contributed by atoms with Crippen molar-refractivity contribution in [2.24, 2.45) is 0 Å². The van der Waals surface area contributed by atoms with Gasteiger partial charge in [-0.05, 0) is 44.9 Å². The fourth-order valence-corrected chi connectivity index (χ4v) is 3.67. The Hall–Kier alpha value is -3.00. The minimum Gasteiger partial charge on any atom is -0.379 e. The maximum Gasteiger partial charge on any atom is 0.267 e. The molecule has 0 aliphatic rings. The van der Waals surface area contributed by atoms with E-state index in [1.807, 2.05) is 19.9 Å². The third kappa shape index (κ3) is 5.43. The van der Waals surface area contributed by atoms with Gasteiger partial charge in [-0.2, -0.15) is 0 Å². The number of carbonyl (C=O) groups is 1. The van der Waals surface area contributed by atoms with Crippen molar-refractivity contribution >= 4 is 22.6 Å². The Kier molecular flexibility index (Phi) is 8.16.